The lowest BCUT2D eigenvalue weighted by molar-refractivity contribution is 0.0690. The van der Waals surface area contributed by atoms with Gasteiger partial charge in [-0.2, -0.15) is 4.98 Å². The van der Waals surface area contributed by atoms with E-state index >= 15 is 0 Å². The maximum absolute atomic E-state index is 10.5. The molecule has 1 N–H and O–H groups in total. The van der Waals surface area contributed by atoms with Crippen LogP contribution in [0.2, 0.25) is 0 Å². The Labute approximate surface area is 87.6 Å². The monoisotopic (exact) mass is 227 g/mol. The van der Waals surface area contributed by atoms with Crippen LogP contribution in [0, 0.1) is 0 Å². The first-order valence-corrected chi connectivity index (χ1v) is 5.35. The number of carboxylic acids is 1. The number of oxazole rings is 1. The summed E-state index contributed by atoms with van der Waals surface area (Å²) in [5.41, 5.74) is -0.0657. The zero-order valence-corrected chi connectivity index (χ0v) is 8.47. The molecule has 2 aromatic rings. The largest absolute Gasteiger partial charge is 0.476 e. The van der Waals surface area contributed by atoms with Crippen LogP contribution < -0.4 is 0 Å². The lowest BCUT2D eigenvalue weighted by Crippen LogP contribution is -1.95. The fraction of sp³-hybridized carbons (Fsp3) is 0. The Morgan fingerprint density at radius 3 is 3.07 bits per heavy atom. The number of carboxylic acid groups (broad SMARTS) is 1. The van der Waals surface area contributed by atoms with Crippen LogP contribution in [0.5, 0.6) is 0 Å². The molecular formula is C8H5NO3S2. The second-order valence-corrected chi connectivity index (χ2v) is 4.54. The fourth-order valence-corrected chi connectivity index (χ4v) is 2.39. The molecule has 0 fully saturated rings. The Bertz CT molecular complexity index is 435. The molecular weight excluding hydrogens is 222 g/mol. The van der Waals surface area contributed by atoms with E-state index in [4.69, 9.17) is 9.52 Å². The van der Waals surface area contributed by atoms with E-state index in [0.717, 1.165) is 10.5 Å². The zero-order chi connectivity index (χ0) is 9.97. The van der Waals surface area contributed by atoms with Crippen LogP contribution in [0.4, 0.5) is 0 Å². The molecule has 2 rings (SSSR count). The molecule has 0 bridgehead atoms. The number of hydrogen-bond acceptors (Lipinski definition) is 5. The fourth-order valence-electron chi connectivity index (χ4n) is 0.810. The predicted molar refractivity (Wildman–Crippen MR) is 51.9 cm³/mol. The first-order valence-electron chi connectivity index (χ1n) is 3.66. The van der Waals surface area contributed by atoms with Crippen LogP contribution in [-0.2, 0) is 0 Å². The number of nitrogens with zero attached hydrogens (tertiary/aromatic N) is 1. The summed E-state index contributed by atoms with van der Waals surface area (Å²) in [6.45, 7) is 0. The maximum atomic E-state index is 10.5. The first kappa shape index (κ1) is 9.29. The Balaban J connectivity index is 2.14. The quantitative estimate of drug-likeness (QED) is 0.873. The summed E-state index contributed by atoms with van der Waals surface area (Å²) in [7, 11) is 0. The number of aromatic nitrogens is 1. The molecule has 6 heteroatoms. The summed E-state index contributed by atoms with van der Waals surface area (Å²) < 4.78 is 5.99. The molecule has 0 spiro atoms. The molecule has 0 amide bonds. The van der Waals surface area contributed by atoms with Crippen LogP contribution in [0.25, 0.3) is 0 Å². The minimum atomic E-state index is -1.08. The third kappa shape index (κ3) is 1.97. The molecule has 2 heterocycles. The van der Waals surface area contributed by atoms with Gasteiger partial charge in [-0.25, -0.2) is 4.79 Å². The maximum Gasteiger partial charge on any atom is 0.357 e. The number of hydrogen-bond donors (Lipinski definition) is 1. The average molecular weight is 227 g/mol. The second kappa shape index (κ2) is 3.85. The molecule has 0 aliphatic carbocycles. The van der Waals surface area contributed by atoms with Gasteiger partial charge in [-0.15, -0.1) is 11.3 Å². The van der Waals surface area contributed by atoms with Gasteiger partial charge in [0.2, 0.25) is 0 Å². The number of carbonyl (C=O) groups is 1. The zero-order valence-electron chi connectivity index (χ0n) is 6.84. The van der Waals surface area contributed by atoms with Crippen molar-refractivity contribution >= 4 is 29.1 Å². The molecule has 4 nitrogen and oxygen atoms in total. The summed E-state index contributed by atoms with van der Waals surface area (Å²) in [5.74, 6) is -1.08. The van der Waals surface area contributed by atoms with Gasteiger partial charge in [0.15, 0.2) is 5.69 Å². The van der Waals surface area contributed by atoms with Gasteiger partial charge in [-0.3, -0.25) is 0 Å². The highest BCUT2D eigenvalue weighted by molar-refractivity contribution is 8.00. The Morgan fingerprint density at radius 2 is 2.50 bits per heavy atom. The predicted octanol–water partition coefficient (Wildman–Crippen LogP) is 2.59. The van der Waals surface area contributed by atoms with E-state index in [2.05, 4.69) is 4.98 Å². The Kier molecular flexibility index (Phi) is 2.55. The van der Waals surface area contributed by atoms with Gasteiger partial charge in [0.05, 0.1) is 4.21 Å². The molecule has 0 aromatic carbocycles. The molecule has 0 unspecified atom stereocenters. The van der Waals surface area contributed by atoms with Gasteiger partial charge in [0, 0.05) is 0 Å². The lowest BCUT2D eigenvalue weighted by atomic mass is 10.5. The highest BCUT2D eigenvalue weighted by Crippen LogP contribution is 2.30. The van der Waals surface area contributed by atoms with Gasteiger partial charge in [0.1, 0.15) is 6.26 Å². The van der Waals surface area contributed by atoms with Crippen molar-refractivity contribution < 1.29 is 14.3 Å². The van der Waals surface area contributed by atoms with Gasteiger partial charge >= 0.3 is 5.97 Å². The van der Waals surface area contributed by atoms with Crippen molar-refractivity contribution in [2.24, 2.45) is 0 Å². The molecule has 0 saturated carbocycles. The minimum Gasteiger partial charge on any atom is -0.476 e. The van der Waals surface area contributed by atoms with Crippen LogP contribution in [-0.4, -0.2) is 16.1 Å². The molecule has 0 saturated heterocycles. The minimum absolute atomic E-state index is 0.0657. The second-order valence-electron chi connectivity index (χ2n) is 2.34. The summed E-state index contributed by atoms with van der Waals surface area (Å²) in [6, 6.07) is 3.83. The third-order valence-electron chi connectivity index (χ3n) is 1.39. The number of thiophene rings is 1. The Morgan fingerprint density at radius 1 is 1.64 bits per heavy atom. The van der Waals surface area contributed by atoms with Crippen LogP contribution in [0.1, 0.15) is 10.5 Å². The van der Waals surface area contributed by atoms with Crippen LogP contribution in [0.3, 0.4) is 0 Å². The lowest BCUT2D eigenvalue weighted by Gasteiger charge is -1.87. The van der Waals surface area contributed by atoms with E-state index in [1.807, 2.05) is 17.5 Å². The molecule has 0 atom stereocenters. The molecule has 0 radical (unpaired) electrons. The molecule has 14 heavy (non-hydrogen) atoms. The van der Waals surface area contributed by atoms with Crippen LogP contribution in [0.15, 0.2) is 37.6 Å². The van der Waals surface area contributed by atoms with Crippen molar-refractivity contribution in [3.63, 3.8) is 0 Å². The van der Waals surface area contributed by atoms with Crippen molar-refractivity contribution in [2.75, 3.05) is 0 Å². The van der Waals surface area contributed by atoms with Crippen LogP contribution >= 0.6 is 23.1 Å². The van der Waals surface area contributed by atoms with Gasteiger partial charge in [0.25, 0.3) is 5.22 Å². The van der Waals surface area contributed by atoms with Gasteiger partial charge < -0.3 is 9.52 Å². The van der Waals surface area contributed by atoms with E-state index in [9.17, 15) is 4.79 Å². The van der Waals surface area contributed by atoms with E-state index in [1.54, 1.807) is 11.3 Å². The van der Waals surface area contributed by atoms with Crippen molar-refractivity contribution in [3.05, 3.63) is 29.5 Å². The Hall–Kier alpha value is -1.27. The van der Waals surface area contributed by atoms with Crippen molar-refractivity contribution in [2.45, 2.75) is 9.43 Å². The highest BCUT2D eigenvalue weighted by atomic mass is 32.2. The standard InChI is InChI=1S/C8H5NO3S2/c10-7(11)5-4-12-8(9-5)14-6-2-1-3-13-6/h1-4H,(H,10,11). The molecule has 72 valence electrons. The average Bonchev–Trinajstić information content (AvgIpc) is 2.75. The smallest absolute Gasteiger partial charge is 0.357 e. The van der Waals surface area contributed by atoms with E-state index < -0.39 is 5.97 Å². The summed E-state index contributed by atoms with van der Waals surface area (Å²) >= 11 is 2.86. The number of aromatic carboxylic acids is 1. The van der Waals surface area contributed by atoms with E-state index in [-0.39, 0.29) is 5.69 Å². The third-order valence-corrected chi connectivity index (χ3v) is 3.28. The highest BCUT2D eigenvalue weighted by Gasteiger charge is 2.11. The molecule has 0 aliphatic heterocycles. The summed E-state index contributed by atoms with van der Waals surface area (Å²) in [5, 5.41) is 10.9. The summed E-state index contributed by atoms with van der Waals surface area (Å²) in [4.78, 5) is 14.3. The van der Waals surface area contributed by atoms with E-state index in [1.165, 1.54) is 11.8 Å². The van der Waals surface area contributed by atoms with Gasteiger partial charge in [-0.05, 0) is 23.2 Å². The van der Waals surface area contributed by atoms with Crippen molar-refractivity contribution in [1.29, 1.82) is 0 Å². The number of rotatable bonds is 3. The molecule has 2 aromatic heterocycles. The summed E-state index contributed by atoms with van der Waals surface area (Å²) in [6.07, 6.45) is 1.14. The van der Waals surface area contributed by atoms with Crippen molar-refractivity contribution in [1.82, 2.24) is 4.98 Å². The van der Waals surface area contributed by atoms with E-state index in [0.29, 0.717) is 5.22 Å². The van der Waals surface area contributed by atoms with Gasteiger partial charge in [-0.1, -0.05) is 6.07 Å². The SMILES string of the molecule is O=C(O)c1coc(Sc2cccs2)n1. The first-order chi connectivity index (χ1) is 6.75. The normalized spacial score (nSPS) is 10.3. The van der Waals surface area contributed by atoms with Crippen molar-refractivity contribution in [3.8, 4) is 0 Å². The topological polar surface area (TPSA) is 63.3 Å². The molecule has 0 aliphatic rings.